The molecule has 28 heavy (non-hydrogen) atoms. The zero-order valence-electron chi connectivity index (χ0n) is 16.7. The molecule has 0 aliphatic carbocycles. The summed E-state index contributed by atoms with van der Waals surface area (Å²) in [5.41, 5.74) is 3.09. The Morgan fingerprint density at radius 1 is 1.11 bits per heavy atom. The van der Waals surface area contributed by atoms with Crippen LogP contribution in [0.5, 0.6) is 5.75 Å². The molecule has 1 aliphatic rings. The molecule has 148 valence electrons. The molecule has 0 unspecified atom stereocenters. The van der Waals surface area contributed by atoms with Gasteiger partial charge in [0.1, 0.15) is 5.75 Å². The highest BCUT2D eigenvalue weighted by Gasteiger charge is 2.42. The van der Waals surface area contributed by atoms with Crippen LogP contribution < -0.4 is 4.90 Å². The van der Waals surface area contributed by atoms with Gasteiger partial charge in [0.05, 0.1) is 11.8 Å². The number of phenolic OH excluding ortho intramolecular Hbond substituents is 1. The SMILES string of the molecule is CCCC1(CCC)CN(c2nnc(-c3ccc(-c4cnn(C)c4)cc3O)s2)C1. The molecule has 1 N–H and O–H groups in total. The molecule has 3 heterocycles. The lowest BCUT2D eigenvalue weighted by molar-refractivity contribution is 0.173. The number of phenols is 1. The van der Waals surface area contributed by atoms with Crippen LogP contribution in [0.3, 0.4) is 0 Å². The summed E-state index contributed by atoms with van der Waals surface area (Å²) in [6, 6.07) is 5.67. The molecule has 0 radical (unpaired) electrons. The molecule has 6 nitrogen and oxygen atoms in total. The van der Waals surface area contributed by atoms with Crippen molar-refractivity contribution in [3.05, 3.63) is 30.6 Å². The maximum Gasteiger partial charge on any atom is 0.208 e. The summed E-state index contributed by atoms with van der Waals surface area (Å²) in [6.07, 6.45) is 8.73. The Hall–Kier alpha value is -2.41. The average Bonchev–Trinajstić information content (AvgIpc) is 3.28. The first-order valence-corrected chi connectivity index (χ1v) is 10.8. The molecule has 4 rings (SSSR count). The lowest BCUT2D eigenvalue weighted by Gasteiger charge is -2.50. The van der Waals surface area contributed by atoms with Crippen LogP contribution in [0.4, 0.5) is 5.13 Å². The van der Waals surface area contributed by atoms with Gasteiger partial charge in [0.2, 0.25) is 5.13 Å². The maximum absolute atomic E-state index is 10.6. The van der Waals surface area contributed by atoms with Crippen molar-refractivity contribution >= 4 is 16.5 Å². The van der Waals surface area contributed by atoms with Gasteiger partial charge in [-0.2, -0.15) is 5.10 Å². The van der Waals surface area contributed by atoms with Crippen molar-refractivity contribution in [3.8, 4) is 27.4 Å². The van der Waals surface area contributed by atoms with Gasteiger partial charge in [-0.25, -0.2) is 0 Å². The molecule has 7 heteroatoms. The smallest absolute Gasteiger partial charge is 0.208 e. The van der Waals surface area contributed by atoms with Gasteiger partial charge in [0, 0.05) is 37.3 Å². The molecule has 0 amide bonds. The number of aromatic nitrogens is 4. The lowest BCUT2D eigenvalue weighted by Crippen LogP contribution is -2.56. The minimum Gasteiger partial charge on any atom is -0.507 e. The fourth-order valence-corrected chi connectivity index (χ4v) is 5.19. The van der Waals surface area contributed by atoms with Gasteiger partial charge in [-0.05, 0) is 30.5 Å². The topological polar surface area (TPSA) is 67.1 Å². The third kappa shape index (κ3) is 3.51. The van der Waals surface area contributed by atoms with E-state index >= 15 is 0 Å². The standard InChI is InChI=1S/C21H27N5OS/c1-4-8-21(9-5-2)13-26(14-21)20-24-23-19(28-20)17-7-6-15(10-18(17)27)16-11-22-25(3)12-16/h6-7,10-12,27H,4-5,8-9,13-14H2,1-3H3. The third-order valence-corrected chi connectivity index (χ3v) is 6.58. The Kier molecular flexibility index (Phi) is 5.10. The summed E-state index contributed by atoms with van der Waals surface area (Å²) >= 11 is 1.55. The second-order valence-corrected chi connectivity index (χ2v) is 8.84. The highest BCUT2D eigenvalue weighted by molar-refractivity contribution is 7.18. The number of aromatic hydroxyl groups is 1. The first-order chi connectivity index (χ1) is 13.5. The van der Waals surface area contributed by atoms with Gasteiger partial charge in [-0.15, -0.1) is 10.2 Å². The monoisotopic (exact) mass is 397 g/mol. The molecule has 0 atom stereocenters. The summed E-state index contributed by atoms with van der Waals surface area (Å²) in [6.45, 7) is 6.66. The van der Waals surface area contributed by atoms with Crippen LogP contribution in [0.25, 0.3) is 21.7 Å². The van der Waals surface area contributed by atoms with Crippen LogP contribution in [0.1, 0.15) is 39.5 Å². The van der Waals surface area contributed by atoms with Crippen molar-refractivity contribution < 1.29 is 5.11 Å². The van der Waals surface area contributed by atoms with Crippen molar-refractivity contribution in [2.75, 3.05) is 18.0 Å². The Morgan fingerprint density at radius 3 is 2.46 bits per heavy atom. The van der Waals surface area contributed by atoms with Crippen molar-refractivity contribution in [1.29, 1.82) is 0 Å². The Morgan fingerprint density at radius 2 is 1.86 bits per heavy atom. The number of anilines is 1. The van der Waals surface area contributed by atoms with E-state index in [-0.39, 0.29) is 5.75 Å². The maximum atomic E-state index is 10.6. The van der Waals surface area contributed by atoms with Gasteiger partial charge in [-0.1, -0.05) is 44.1 Å². The first kappa shape index (κ1) is 18.9. The fraction of sp³-hybridized carbons (Fsp3) is 0.476. The normalized spacial score (nSPS) is 15.6. The van der Waals surface area contributed by atoms with Gasteiger partial charge in [0.15, 0.2) is 5.01 Å². The van der Waals surface area contributed by atoms with E-state index < -0.39 is 0 Å². The number of benzene rings is 1. The number of nitrogens with zero attached hydrogens (tertiary/aromatic N) is 5. The van der Waals surface area contributed by atoms with E-state index in [2.05, 4.69) is 34.0 Å². The minimum atomic E-state index is 0.221. The second-order valence-electron chi connectivity index (χ2n) is 7.88. The predicted molar refractivity (Wildman–Crippen MR) is 114 cm³/mol. The first-order valence-electron chi connectivity index (χ1n) is 9.94. The Labute approximate surface area is 169 Å². The molecule has 1 saturated heterocycles. The van der Waals surface area contributed by atoms with E-state index in [1.54, 1.807) is 28.3 Å². The van der Waals surface area contributed by atoms with Crippen LogP contribution in [0, 0.1) is 5.41 Å². The zero-order valence-corrected chi connectivity index (χ0v) is 17.5. The van der Waals surface area contributed by atoms with Gasteiger partial charge >= 0.3 is 0 Å². The third-order valence-electron chi connectivity index (χ3n) is 5.56. The van der Waals surface area contributed by atoms with E-state index in [0.29, 0.717) is 5.41 Å². The van der Waals surface area contributed by atoms with Crippen molar-refractivity contribution in [1.82, 2.24) is 20.0 Å². The van der Waals surface area contributed by atoms with E-state index in [0.717, 1.165) is 39.9 Å². The molecule has 1 aliphatic heterocycles. The Balaban J connectivity index is 1.50. The van der Waals surface area contributed by atoms with Crippen LogP contribution in [-0.4, -0.2) is 38.2 Å². The quantitative estimate of drug-likeness (QED) is 0.625. The molecule has 0 spiro atoms. The second kappa shape index (κ2) is 7.54. The molecule has 0 bridgehead atoms. The van der Waals surface area contributed by atoms with Crippen LogP contribution in [-0.2, 0) is 7.05 Å². The van der Waals surface area contributed by atoms with Crippen molar-refractivity contribution in [2.45, 2.75) is 39.5 Å². The van der Waals surface area contributed by atoms with Crippen LogP contribution >= 0.6 is 11.3 Å². The van der Waals surface area contributed by atoms with Crippen LogP contribution in [0.2, 0.25) is 0 Å². The summed E-state index contributed by atoms with van der Waals surface area (Å²) in [5.74, 6) is 0.221. The summed E-state index contributed by atoms with van der Waals surface area (Å²) in [4.78, 5) is 2.33. The molecular weight excluding hydrogens is 370 g/mol. The lowest BCUT2D eigenvalue weighted by atomic mass is 9.73. The van der Waals surface area contributed by atoms with E-state index in [4.69, 9.17) is 0 Å². The number of hydrogen-bond donors (Lipinski definition) is 1. The molecule has 2 aromatic heterocycles. The zero-order chi connectivity index (χ0) is 19.7. The molecule has 1 fully saturated rings. The summed E-state index contributed by atoms with van der Waals surface area (Å²) in [7, 11) is 1.88. The van der Waals surface area contributed by atoms with E-state index in [1.807, 2.05) is 25.4 Å². The summed E-state index contributed by atoms with van der Waals surface area (Å²) in [5, 5.41) is 25.2. The molecule has 1 aromatic carbocycles. The Bertz CT molecular complexity index is 949. The minimum absolute atomic E-state index is 0.221. The number of rotatable bonds is 7. The van der Waals surface area contributed by atoms with Crippen LogP contribution in [0.15, 0.2) is 30.6 Å². The molecular formula is C21H27N5OS. The van der Waals surface area contributed by atoms with Gasteiger partial charge in [-0.3, -0.25) is 4.68 Å². The predicted octanol–water partition coefficient (Wildman–Crippen LogP) is 4.72. The highest BCUT2D eigenvalue weighted by Crippen LogP contribution is 2.44. The molecule has 3 aromatic rings. The van der Waals surface area contributed by atoms with Crippen molar-refractivity contribution in [2.24, 2.45) is 12.5 Å². The van der Waals surface area contributed by atoms with E-state index in [9.17, 15) is 5.11 Å². The van der Waals surface area contributed by atoms with Gasteiger partial charge < -0.3 is 10.0 Å². The van der Waals surface area contributed by atoms with E-state index in [1.165, 1.54) is 25.7 Å². The van der Waals surface area contributed by atoms with Gasteiger partial charge in [0.25, 0.3) is 0 Å². The fourth-order valence-electron chi connectivity index (χ4n) is 4.32. The number of aryl methyl sites for hydroxylation is 1. The average molecular weight is 398 g/mol. The highest BCUT2D eigenvalue weighted by atomic mass is 32.1. The molecule has 0 saturated carbocycles. The summed E-state index contributed by atoms with van der Waals surface area (Å²) < 4.78 is 1.75. The van der Waals surface area contributed by atoms with Crippen molar-refractivity contribution in [3.63, 3.8) is 0 Å². The number of hydrogen-bond acceptors (Lipinski definition) is 6. The largest absolute Gasteiger partial charge is 0.507 e.